The minimum absolute atomic E-state index is 0.0710. The molecule has 0 aliphatic carbocycles. The lowest BCUT2D eigenvalue weighted by Gasteiger charge is -2.06. The molecule has 0 amide bonds. The predicted octanol–water partition coefficient (Wildman–Crippen LogP) is 3.30. The molecule has 5 heteroatoms. The van der Waals surface area contributed by atoms with Crippen LogP contribution in [0.2, 0.25) is 0 Å². The van der Waals surface area contributed by atoms with Crippen molar-refractivity contribution in [2.24, 2.45) is 0 Å². The number of non-ortho nitro benzene ring substituents is 1. The van der Waals surface area contributed by atoms with E-state index >= 15 is 0 Å². The molecule has 88 valence electrons. The molecule has 0 radical (unpaired) electrons. The fourth-order valence-corrected chi connectivity index (χ4v) is 1.25. The van der Waals surface area contributed by atoms with E-state index < -0.39 is 10.7 Å². The first kappa shape index (κ1) is 12.4. The molecule has 0 spiro atoms. The number of halogens is 1. The normalized spacial score (nSPS) is 10.1. The van der Waals surface area contributed by atoms with Crippen LogP contribution in [0, 0.1) is 15.9 Å². The Morgan fingerprint density at radius 1 is 1.44 bits per heavy atom. The Kier molecular flexibility index (Phi) is 4.69. The number of hydrogen-bond donors (Lipinski definition) is 0. The van der Waals surface area contributed by atoms with E-state index in [0.29, 0.717) is 6.61 Å². The Morgan fingerprint density at radius 3 is 2.75 bits per heavy atom. The smallest absolute Gasteiger partial charge is 0.272 e. The molecular weight excluding hydrogens is 213 g/mol. The van der Waals surface area contributed by atoms with E-state index in [0.717, 1.165) is 25.3 Å². The second-order valence-corrected chi connectivity index (χ2v) is 3.43. The van der Waals surface area contributed by atoms with Gasteiger partial charge in [0.15, 0.2) is 11.6 Å². The number of nitro groups is 1. The van der Waals surface area contributed by atoms with Gasteiger partial charge in [-0.1, -0.05) is 19.8 Å². The summed E-state index contributed by atoms with van der Waals surface area (Å²) in [6.07, 6.45) is 2.94. The van der Waals surface area contributed by atoms with Crippen molar-refractivity contribution < 1.29 is 14.1 Å². The van der Waals surface area contributed by atoms with Crippen molar-refractivity contribution in [2.75, 3.05) is 6.61 Å². The van der Waals surface area contributed by atoms with Crippen molar-refractivity contribution in [3.8, 4) is 5.75 Å². The van der Waals surface area contributed by atoms with Gasteiger partial charge in [-0.15, -0.1) is 0 Å². The lowest BCUT2D eigenvalue weighted by molar-refractivity contribution is -0.385. The summed E-state index contributed by atoms with van der Waals surface area (Å²) in [5, 5.41) is 10.4. The zero-order valence-electron chi connectivity index (χ0n) is 9.11. The average Bonchev–Trinajstić information content (AvgIpc) is 2.26. The van der Waals surface area contributed by atoms with E-state index in [1.165, 1.54) is 12.1 Å². The third-order valence-corrected chi connectivity index (χ3v) is 2.13. The highest BCUT2D eigenvalue weighted by Crippen LogP contribution is 2.22. The van der Waals surface area contributed by atoms with E-state index in [4.69, 9.17) is 4.74 Å². The fraction of sp³-hybridized carbons (Fsp3) is 0.455. The first-order chi connectivity index (χ1) is 7.65. The summed E-state index contributed by atoms with van der Waals surface area (Å²) in [6, 6.07) is 3.40. The number of ether oxygens (including phenoxy) is 1. The molecule has 0 fully saturated rings. The highest BCUT2D eigenvalue weighted by molar-refractivity contribution is 5.37. The van der Waals surface area contributed by atoms with Gasteiger partial charge in [-0.2, -0.15) is 0 Å². The lowest BCUT2D eigenvalue weighted by atomic mass is 10.2. The highest BCUT2D eigenvalue weighted by Gasteiger charge is 2.11. The standard InChI is InChI=1S/C11H14FNO3/c1-2-3-4-7-16-11-6-5-9(13(14)15)8-10(11)12/h5-6,8H,2-4,7H2,1H3. The van der Waals surface area contributed by atoms with E-state index in [1.54, 1.807) is 0 Å². The second kappa shape index (κ2) is 6.05. The summed E-state index contributed by atoms with van der Waals surface area (Å²) in [6.45, 7) is 2.50. The summed E-state index contributed by atoms with van der Waals surface area (Å²) in [5.41, 5.74) is -0.265. The van der Waals surface area contributed by atoms with E-state index in [2.05, 4.69) is 6.92 Å². The summed E-state index contributed by atoms with van der Waals surface area (Å²) >= 11 is 0. The monoisotopic (exact) mass is 227 g/mol. The summed E-state index contributed by atoms with van der Waals surface area (Å²) in [4.78, 5) is 9.73. The van der Waals surface area contributed by atoms with Crippen LogP contribution in [0.3, 0.4) is 0 Å². The van der Waals surface area contributed by atoms with Gasteiger partial charge < -0.3 is 4.74 Å². The van der Waals surface area contributed by atoms with E-state index in [1.807, 2.05) is 0 Å². The van der Waals surface area contributed by atoms with Crippen LogP contribution in [0.5, 0.6) is 5.75 Å². The Balaban J connectivity index is 2.57. The van der Waals surface area contributed by atoms with Crippen molar-refractivity contribution in [1.29, 1.82) is 0 Å². The number of benzene rings is 1. The molecule has 0 saturated carbocycles. The van der Waals surface area contributed by atoms with Crippen LogP contribution in [0.15, 0.2) is 18.2 Å². The van der Waals surface area contributed by atoms with Crippen molar-refractivity contribution in [3.63, 3.8) is 0 Å². The van der Waals surface area contributed by atoms with Gasteiger partial charge in [0.2, 0.25) is 0 Å². The zero-order valence-corrected chi connectivity index (χ0v) is 9.11. The number of unbranched alkanes of at least 4 members (excludes halogenated alkanes) is 2. The molecule has 0 saturated heterocycles. The van der Waals surface area contributed by atoms with Gasteiger partial charge in [0.1, 0.15) is 0 Å². The molecule has 0 bridgehead atoms. The molecular formula is C11H14FNO3. The second-order valence-electron chi connectivity index (χ2n) is 3.43. The summed E-state index contributed by atoms with van der Waals surface area (Å²) in [5.74, 6) is -0.618. The quantitative estimate of drug-likeness (QED) is 0.425. The lowest BCUT2D eigenvalue weighted by Crippen LogP contribution is -1.99. The molecule has 16 heavy (non-hydrogen) atoms. The van der Waals surface area contributed by atoms with E-state index in [-0.39, 0.29) is 11.4 Å². The van der Waals surface area contributed by atoms with Gasteiger partial charge in [-0.05, 0) is 12.5 Å². The van der Waals surface area contributed by atoms with Gasteiger partial charge >= 0.3 is 0 Å². The maximum Gasteiger partial charge on any atom is 0.272 e. The van der Waals surface area contributed by atoms with E-state index in [9.17, 15) is 14.5 Å². The SMILES string of the molecule is CCCCCOc1ccc([N+](=O)[O-])cc1F. The molecule has 0 N–H and O–H groups in total. The molecule has 0 unspecified atom stereocenters. The van der Waals surface area contributed by atoms with Gasteiger partial charge in [0, 0.05) is 6.07 Å². The van der Waals surface area contributed by atoms with Crippen molar-refractivity contribution >= 4 is 5.69 Å². The zero-order chi connectivity index (χ0) is 12.0. The van der Waals surface area contributed by atoms with Crippen LogP contribution in [-0.4, -0.2) is 11.5 Å². The van der Waals surface area contributed by atoms with Crippen molar-refractivity contribution in [3.05, 3.63) is 34.1 Å². The van der Waals surface area contributed by atoms with Crippen LogP contribution in [0.1, 0.15) is 26.2 Å². The molecule has 1 aromatic rings. The molecule has 0 heterocycles. The Bertz CT molecular complexity index is 368. The first-order valence-electron chi connectivity index (χ1n) is 5.22. The number of rotatable bonds is 6. The van der Waals surface area contributed by atoms with Crippen LogP contribution in [-0.2, 0) is 0 Å². The number of nitrogens with zero attached hydrogens (tertiary/aromatic N) is 1. The molecule has 1 aromatic carbocycles. The number of hydrogen-bond acceptors (Lipinski definition) is 3. The average molecular weight is 227 g/mol. The Labute approximate surface area is 93.2 Å². The highest BCUT2D eigenvalue weighted by atomic mass is 19.1. The Morgan fingerprint density at radius 2 is 2.19 bits per heavy atom. The van der Waals surface area contributed by atoms with Gasteiger partial charge in [-0.3, -0.25) is 10.1 Å². The first-order valence-corrected chi connectivity index (χ1v) is 5.22. The molecule has 0 aliphatic heterocycles. The topological polar surface area (TPSA) is 52.4 Å². The summed E-state index contributed by atoms with van der Waals surface area (Å²) < 4.78 is 18.5. The van der Waals surface area contributed by atoms with Gasteiger partial charge in [-0.25, -0.2) is 4.39 Å². The van der Waals surface area contributed by atoms with Crippen molar-refractivity contribution in [1.82, 2.24) is 0 Å². The van der Waals surface area contributed by atoms with Gasteiger partial charge in [0.05, 0.1) is 17.6 Å². The molecule has 0 aliphatic rings. The van der Waals surface area contributed by atoms with Crippen LogP contribution < -0.4 is 4.74 Å². The largest absolute Gasteiger partial charge is 0.491 e. The maximum absolute atomic E-state index is 13.3. The maximum atomic E-state index is 13.3. The minimum atomic E-state index is -0.689. The molecule has 0 atom stereocenters. The van der Waals surface area contributed by atoms with Crippen molar-refractivity contribution in [2.45, 2.75) is 26.2 Å². The number of nitro benzene ring substituents is 1. The van der Waals surface area contributed by atoms with Crippen LogP contribution in [0.25, 0.3) is 0 Å². The molecule has 0 aromatic heterocycles. The van der Waals surface area contributed by atoms with Crippen LogP contribution in [0.4, 0.5) is 10.1 Å². The summed E-state index contributed by atoms with van der Waals surface area (Å²) in [7, 11) is 0. The third-order valence-electron chi connectivity index (χ3n) is 2.13. The van der Waals surface area contributed by atoms with Gasteiger partial charge in [0.25, 0.3) is 5.69 Å². The minimum Gasteiger partial charge on any atom is -0.491 e. The molecule has 1 rings (SSSR count). The predicted molar refractivity (Wildman–Crippen MR) is 58.1 cm³/mol. The molecule has 4 nitrogen and oxygen atoms in total. The van der Waals surface area contributed by atoms with Crippen LogP contribution >= 0.6 is 0 Å². The third kappa shape index (κ3) is 3.49. The fourth-order valence-electron chi connectivity index (χ4n) is 1.25. The Hall–Kier alpha value is -1.65.